The summed E-state index contributed by atoms with van der Waals surface area (Å²) in [5.41, 5.74) is -1.64. The topological polar surface area (TPSA) is 196 Å². The minimum atomic E-state index is -2.11. The average Bonchev–Trinajstić information content (AvgIpc) is 3.56. The number of nitrogens with zero attached hydrogens (tertiary/aromatic N) is 3. The van der Waals surface area contributed by atoms with E-state index in [1.54, 1.807) is 13.8 Å². The van der Waals surface area contributed by atoms with Crippen LogP contribution in [0.4, 0.5) is 0 Å². The molecule has 0 saturated carbocycles. The Kier molecular flexibility index (Phi) is 10.9. The zero-order chi connectivity index (χ0) is 31.5. The van der Waals surface area contributed by atoms with Crippen LogP contribution in [0.5, 0.6) is 0 Å². The molecule has 0 aromatic carbocycles. The van der Waals surface area contributed by atoms with E-state index in [0.29, 0.717) is 30.8 Å². The summed E-state index contributed by atoms with van der Waals surface area (Å²) in [6.07, 6.45) is -1.98. The number of aryl methyl sites for hydroxylation is 2. The van der Waals surface area contributed by atoms with Crippen molar-refractivity contribution in [2.45, 2.75) is 84.3 Å². The number of aliphatic hydroxyl groups is 2. The third kappa shape index (κ3) is 7.41. The number of rotatable bonds is 13. The van der Waals surface area contributed by atoms with Gasteiger partial charge in [0, 0.05) is 36.4 Å². The fraction of sp³-hybridized carbons (Fsp3) is 0.692. The number of quaternary nitrogens is 1. The Bertz CT molecular complexity index is 1480. The molecule has 16 nitrogen and oxygen atoms in total. The molecule has 0 bridgehead atoms. The van der Waals surface area contributed by atoms with Gasteiger partial charge in [-0.2, -0.15) is 4.65 Å². The second kappa shape index (κ2) is 14.1. The zero-order valence-corrected chi connectivity index (χ0v) is 25.8. The van der Waals surface area contributed by atoms with E-state index in [-0.39, 0.29) is 24.1 Å². The third-order valence-electron chi connectivity index (χ3n) is 8.01. The SMILES string of the molecule is CC[N+](CC)(CC)OP(OC[C@H]1O[C@@H](n2cc(C)c(=O)[nH]c2=O)C[C@@H]1O)O[C@H]1C[C@H](n2cc(C)c(=O)[nH]c2=O)O[C@@H]1CO. The highest BCUT2D eigenvalue weighted by Gasteiger charge is 2.43. The number of H-pyrrole nitrogens is 2. The van der Waals surface area contributed by atoms with Gasteiger partial charge in [0.25, 0.3) is 11.1 Å². The monoisotopic (exact) mass is 630 g/mol. The number of hydroxylamine groups is 3. The van der Waals surface area contributed by atoms with Crippen LogP contribution in [-0.2, 0) is 23.1 Å². The molecule has 4 heterocycles. The summed E-state index contributed by atoms with van der Waals surface area (Å²) in [5, 5.41) is 20.8. The van der Waals surface area contributed by atoms with Gasteiger partial charge < -0.3 is 28.7 Å². The van der Waals surface area contributed by atoms with Crippen molar-refractivity contribution in [3.63, 3.8) is 0 Å². The van der Waals surface area contributed by atoms with Gasteiger partial charge in [-0.25, -0.2) is 9.59 Å². The average molecular weight is 631 g/mol. The highest BCUT2D eigenvalue weighted by molar-refractivity contribution is 7.41. The smallest absolute Gasteiger partial charge is 0.392 e. The molecular weight excluding hydrogens is 589 g/mol. The maximum Gasteiger partial charge on any atom is 0.392 e. The summed E-state index contributed by atoms with van der Waals surface area (Å²) in [4.78, 5) is 52.9. The standard InChI is InChI=1S/C26H40N5O11P/c1-6-31(7-2,8-3)42-43(38-14-20-17(33)9-21(40-20)29-11-15(4)23(34)27-25(29)36)41-18-10-22(39-19(18)13-32)30-12-16(5)24(35)28-26(30)37/h11-12,17-22,32-33H,6-10,13-14H2,1-5H3,(H-,27,28,34,35,36,37)/p+1/t17-,18-,19+,20+,21+,22+,43?/m0/s1. The van der Waals surface area contributed by atoms with E-state index in [9.17, 15) is 29.4 Å². The van der Waals surface area contributed by atoms with Gasteiger partial charge in [-0.1, -0.05) is 0 Å². The van der Waals surface area contributed by atoms with Gasteiger partial charge in [0.2, 0.25) is 0 Å². The van der Waals surface area contributed by atoms with E-state index in [1.807, 2.05) is 20.8 Å². The van der Waals surface area contributed by atoms with Crippen LogP contribution in [0.15, 0.2) is 31.6 Å². The van der Waals surface area contributed by atoms with Crippen molar-refractivity contribution in [1.82, 2.24) is 19.1 Å². The minimum Gasteiger partial charge on any atom is -0.394 e. The fourth-order valence-electron chi connectivity index (χ4n) is 5.09. The first-order valence-electron chi connectivity index (χ1n) is 14.3. The van der Waals surface area contributed by atoms with Crippen molar-refractivity contribution < 1.29 is 38.0 Å². The van der Waals surface area contributed by atoms with E-state index in [4.69, 9.17) is 23.1 Å². The molecule has 2 fully saturated rings. The molecule has 2 saturated heterocycles. The van der Waals surface area contributed by atoms with Crippen LogP contribution in [0, 0.1) is 13.8 Å². The second-order valence-corrected chi connectivity index (χ2v) is 11.8. The Balaban J connectivity index is 1.51. The van der Waals surface area contributed by atoms with E-state index in [2.05, 4.69) is 9.97 Å². The molecule has 7 atom stereocenters. The van der Waals surface area contributed by atoms with Gasteiger partial charge in [0.15, 0.2) is 0 Å². The second-order valence-electron chi connectivity index (χ2n) is 10.7. The highest BCUT2D eigenvalue weighted by atomic mass is 31.2. The molecule has 17 heteroatoms. The third-order valence-corrected chi connectivity index (χ3v) is 9.29. The molecule has 0 aliphatic carbocycles. The lowest BCUT2D eigenvalue weighted by Crippen LogP contribution is -2.46. The molecule has 4 rings (SSSR count). The van der Waals surface area contributed by atoms with Crippen LogP contribution in [0.2, 0.25) is 0 Å². The van der Waals surface area contributed by atoms with Crippen molar-refractivity contribution in [3.8, 4) is 0 Å². The Hall–Kier alpha value is -2.53. The largest absolute Gasteiger partial charge is 0.394 e. The zero-order valence-electron chi connectivity index (χ0n) is 24.9. The lowest BCUT2D eigenvalue weighted by Gasteiger charge is -2.35. The van der Waals surface area contributed by atoms with Crippen molar-refractivity contribution in [2.75, 3.05) is 32.8 Å². The predicted octanol–water partition coefficient (Wildman–Crippen LogP) is 0.0686. The molecule has 2 aliphatic heterocycles. The number of hydrogen-bond acceptors (Lipinski definition) is 11. The summed E-state index contributed by atoms with van der Waals surface area (Å²) in [7, 11) is -2.11. The van der Waals surface area contributed by atoms with Crippen LogP contribution < -0.4 is 22.5 Å². The van der Waals surface area contributed by atoms with Crippen LogP contribution >= 0.6 is 8.60 Å². The minimum absolute atomic E-state index is 0.0933. The molecule has 0 spiro atoms. The van der Waals surface area contributed by atoms with Crippen molar-refractivity contribution in [3.05, 3.63) is 65.2 Å². The highest BCUT2D eigenvalue weighted by Crippen LogP contribution is 2.48. The lowest BCUT2D eigenvalue weighted by molar-refractivity contribution is -1.08. The number of ether oxygens (including phenoxy) is 2. The lowest BCUT2D eigenvalue weighted by atomic mass is 10.2. The quantitative estimate of drug-likeness (QED) is 0.133. The number of hydrogen-bond donors (Lipinski definition) is 4. The summed E-state index contributed by atoms with van der Waals surface area (Å²) >= 11 is 0. The van der Waals surface area contributed by atoms with Gasteiger partial charge in [0.1, 0.15) is 44.3 Å². The molecule has 2 aromatic rings. The van der Waals surface area contributed by atoms with Crippen LogP contribution in [0.3, 0.4) is 0 Å². The number of aromatic amines is 2. The Morgan fingerprint density at radius 2 is 1.42 bits per heavy atom. The first-order valence-corrected chi connectivity index (χ1v) is 15.4. The Morgan fingerprint density at radius 3 is 1.93 bits per heavy atom. The van der Waals surface area contributed by atoms with Gasteiger partial charge in [-0.05, 0) is 34.6 Å². The molecule has 4 N–H and O–H groups in total. The van der Waals surface area contributed by atoms with Gasteiger partial charge in [0.05, 0.1) is 25.4 Å². The summed E-state index contributed by atoms with van der Waals surface area (Å²) < 4.78 is 33.3. The van der Waals surface area contributed by atoms with Crippen molar-refractivity contribution >= 4 is 8.60 Å². The van der Waals surface area contributed by atoms with Gasteiger partial charge in [-0.15, -0.1) is 4.62 Å². The molecule has 0 radical (unpaired) electrons. The maximum atomic E-state index is 12.5. The molecule has 2 aromatic heterocycles. The van der Waals surface area contributed by atoms with Crippen LogP contribution in [-0.4, -0.2) is 91.2 Å². The molecular formula is C26H41N5O11P+. The van der Waals surface area contributed by atoms with Crippen LogP contribution in [0.1, 0.15) is 57.2 Å². The maximum absolute atomic E-state index is 12.5. The van der Waals surface area contributed by atoms with Crippen LogP contribution in [0.25, 0.3) is 0 Å². The first kappa shape index (κ1) is 33.4. The summed E-state index contributed by atoms with van der Waals surface area (Å²) in [6.45, 7) is 10.3. The molecule has 1 unspecified atom stereocenters. The number of nitrogens with one attached hydrogen (secondary N) is 2. The summed E-state index contributed by atoms with van der Waals surface area (Å²) in [5.74, 6) is 0. The molecule has 2 aliphatic rings. The number of aliphatic hydroxyl groups excluding tert-OH is 2. The van der Waals surface area contributed by atoms with Gasteiger partial charge in [-0.3, -0.25) is 28.7 Å². The Morgan fingerprint density at radius 1 is 0.907 bits per heavy atom. The van der Waals surface area contributed by atoms with Gasteiger partial charge >= 0.3 is 20.0 Å². The van der Waals surface area contributed by atoms with E-state index < -0.39 is 74.6 Å². The molecule has 240 valence electrons. The van der Waals surface area contributed by atoms with E-state index >= 15 is 0 Å². The fourth-order valence-corrected chi connectivity index (χ4v) is 6.57. The normalized spacial score (nSPS) is 26.7. The van der Waals surface area contributed by atoms with Crippen molar-refractivity contribution in [1.29, 1.82) is 0 Å². The van der Waals surface area contributed by atoms with Crippen molar-refractivity contribution in [2.24, 2.45) is 0 Å². The number of aromatic nitrogens is 4. The first-order chi connectivity index (χ1) is 20.4. The van der Waals surface area contributed by atoms with E-state index in [1.165, 1.54) is 21.5 Å². The molecule has 43 heavy (non-hydrogen) atoms. The summed E-state index contributed by atoms with van der Waals surface area (Å²) in [6, 6.07) is 0. The predicted molar refractivity (Wildman–Crippen MR) is 153 cm³/mol. The van der Waals surface area contributed by atoms with E-state index in [0.717, 1.165) is 0 Å². The Labute approximate surface area is 248 Å². The molecule has 0 amide bonds.